The van der Waals surface area contributed by atoms with Gasteiger partial charge < -0.3 is 21.5 Å². The van der Waals surface area contributed by atoms with Gasteiger partial charge in [0, 0.05) is 6.04 Å². The topological polar surface area (TPSA) is 122 Å². The van der Waals surface area contributed by atoms with Crippen molar-refractivity contribution in [3.63, 3.8) is 0 Å². The first-order valence-corrected chi connectivity index (χ1v) is 5.54. The van der Waals surface area contributed by atoms with Crippen LogP contribution in [0.5, 0.6) is 0 Å². The van der Waals surface area contributed by atoms with Crippen LogP contribution in [0.1, 0.15) is 25.7 Å². The smallest absolute Gasteiger partial charge is 0.315 e. The molecular weight excluding hydrogens is 226 g/mol. The Hall–Kier alpha value is -1.79. The van der Waals surface area contributed by atoms with Gasteiger partial charge in [0.25, 0.3) is 0 Å². The number of carboxylic acid groups (broad SMARTS) is 1. The Morgan fingerprint density at radius 3 is 2.24 bits per heavy atom. The monoisotopic (exact) mass is 243 g/mol. The number of primary amides is 1. The largest absolute Gasteiger partial charge is 0.481 e. The van der Waals surface area contributed by atoms with E-state index >= 15 is 0 Å². The van der Waals surface area contributed by atoms with E-state index in [4.69, 9.17) is 10.8 Å². The number of urea groups is 1. The summed E-state index contributed by atoms with van der Waals surface area (Å²) in [5, 5.41) is 13.8. The van der Waals surface area contributed by atoms with E-state index in [-0.39, 0.29) is 18.5 Å². The average Bonchev–Trinajstić information content (AvgIpc) is 2.27. The Labute approximate surface area is 98.7 Å². The van der Waals surface area contributed by atoms with Crippen LogP contribution in [0.4, 0.5) is 4.79 Å². The second-order valence-corrected chi connectivity index (χ2v) is 4.18. The Morgan fingerprint density at radius 1 is 1.18 bits per heavy atom. The van der Waals surface area contributed by atoms with Gasteiger partial charge in [-0.05, 0) is 25.7 Å². The molecule has 0 aliphatic heterocycles. The summed E-state index contributed by atoms with van der Waals surface area (Å²) < 4.78 is 0. The number of hydrogen-bond acceptors (Lipinski definition) is 3. The number of rotatable bonds is 4. The summed E-state index contributed by atoms with van der Waals surface area (Å²) in [6, 6.07) is -0.471. The predicted molar refractivity (Wildman–Crippen MR) is 59.1 cm³/mol. The summed E-state index contributed by atoms with van der Waals surface area (Å²) in [6.45, 7) is -0.198. The number of carbonyl (C=O) groups excluding carboxylic acids is 2. The van der Waals surface area contributed by atoms with E-state index in [1.54, 1.807) is 0 Å². The van der Waals surface area contributed by atoms with Gasteiger partial charge in [0.15, 0.2) is 0 Å². The summed E-state index contributed by atoms with van der Waals surface area (Å²) in [6.07, 6.45) is 2.41. The zero-order valence-corrected chi connectivity index (χ0v) is 9.44. The highest BCUT2D eigenvalue weighted by atomic mass is 16.4. The second kappa shape index (κ2) is 6.07. The third-order valence-corrected chi connectivity index (χ3v) is 2.83. The molecule has 0 aromatic heterocycles. The normalized spacial score (nSPS) is 23.8. The lowest BCUT2D eigenvalue weighted by atomic mass is 9.86. The molecule has 0 spiro atoms. The lowest BCUT2D eigenvalue weighted by molar-refractivity contribution is -0.142. The number of carboxylic acids is 1. The molecule has 1 aliphatic carbocycles. The molecule has 1 rings (SSSR count). The van der Waals surface area contributed by atoms with Gasteiger partial charge in [-0.2, -0.15) is 0 Å². The number of nitrogens with one attached hydrogen (secondary N) is 2. The van der Waals surface area contributed by atoms with Crippen molar-refractivity contribution >= 4 is 17.9 Å². The maximum Gasteiger partial charge on any atom is 0.315 e. The minimum atomic E-state index is -0.776. The lowest BCUT2D eigenvalue weighted by Crippen LogP contribution is -2.46. The fraction of sp³-hybridized carbons (Fsp3) is 0.700. The van der Waals surface area contributed by atoms with E-state index in [9.17, 15) is 14.4 Å². The Bertz CT molecular complexity index is 311. The Kier molecular flexibility index (Phi) is 4.74. The van der Waals surface area contributed by atoms with E-state index in [2.05, 4.69) is 10.6 Å². The molecule has 0 radical (unpaired) electrons. The van der Waals surface area contributed by atoms with Gasteiger partial charge >= 0.3 is 12.0 Å². The van der Waals surface area contributed by atoms with Crippen LogP contribution in [0.2, 0.25) is 0 Å². The van der Waals surface area contributed by atoms with E-state index < -0.39 is 17.9 Å². The van der Waals surface area contributed by atoms with Crippen molar-refractivity contribution in [2.24, 2.45) is 11.7 Å². The molecular formula is C10H17N3O4. The number of amides is 3. The molecule has 0 aromatic rings. The van der Waals surface area contributed by atoms with Gasteiger partial charge in [-0.15, -0.1) is 0 Å². The molecule has 1 fully saturated rings. The molecule has 17 heavy (non-hydrogen) atoms. The second-order valence-electron chi connectivity index (χ2n) is 4.18. The van der Waals surface area contributed by atoms with Crippen LogP contribution in [-0.2, 0) is 9.59 Å². The number of hydrogen-bond donors (Lipinski definition) is 4. The van der Waals surface area contributed by atoms with Gasteiger partial charge in [0.05, 0.1) is 12.5 Å². The summed E-state index contributed by atoms with van der Waals surface area (Å²) in [5.41, 5.74) is 4.88. The maximum atomic E-state index is 11.3. The molecule has 0 saturated heterocycles. The average molecular weight is 243 g/mol. The van der Waals surface area contributed by atoms with Crippen molar-refractivity contribution in [3.8, 4) is 0 Å². The van der Waals surface area contributed by atoms with Gasteiger partial charge in [0.2, 0.25) is 5.91 Å². The van der Waals surface area contributed by atoms with Crippen LogP contribution in [0, 0.1) is 5.92 Å². The molecule has 0 atom stereocenters. The van der Waals surface area contributed by atoms with Crippen LogP contribution in [0.3, 0.4) is 0 Å². The summed E-state index contributed by atoms with van der Waals surface area (Å²) >= 11 is 0. The van der Waals surface area contributed by atoms with Crippen molar-refractivity contribution in [1.29, 1.82) is 0 Å². The molecule has 96 valence electrons. The summed E-state index contributed by atoms with van der Waals surface area (Å²) in [5.74, 6) is -1.68. The van der Waals surface area contributed by atoms with E-state index in [0.717, 1.165) is 0 Å². The maximum absolute atomic E-state index is 11.3. The van der Waals surface area contributed by atoms with Crippen LogP contribution >= 0.6 is 0 Å². The molecule has 0 aromatic carbocycles. The van der Waals surface area contributed by atoms with Gasteiger partial charge in [-0.25, -0.2) is 4.79 Å². The van der Waals surface area contributed by atoms with E-state index in [1.807, 2.05) is 0 Å². The first-order chi connectivity index (χ1) is 7.99. The Morgan fingerprint density at radius 2 is 1.76 bits per heavy atom. The van der Waals surface area contributed by atoms with Crippen molar-refractivity contribution in [1.82, 2.24) is 10.6 Å². The van der Waals surface area contributed by atoms with Crippen LogP contribution < -0.4 is 16.4 Å². The highest BCUT2D eigenvalue weighted by Gasteiger charge is 2.26. The lowest BCUT2D eigenvalue weighted by Gasteiger charge is -2.26. The molecule has 0 heterocycles. The number of nitrogens with two attached hydrogens (primary N) is 1. The summed E-state index contributed by atoms with van der Waals surface area (Å²) in [4.78, 5) is 32.4. The van der Waals surface area contributed by atoms with E-state index in [1.165, 1.54) is 0 Å². The first kappa shape index (κ1) is 13.3. The molecule has 7 heteroatoms. The van der Waals surface area contributed by atoms with Gasteiger partial charge in [0.1, 0.15) is 0 Å². The molecule has 5 N–H and O–H groups in total. The zero-order valence-electron chi connectivity index (χ0n) is 9.44. The highest BCUT2D eigenvalue weighted by Crippen LogP contribution is 2.24. The zero-order chi connectivity index (χ0) is 12.8. The minimum Gasteiger partial charge on any atom is -0.481 e. The van der Waals surface area contributed by atoms with Crippen molar-refractivity contribution in [2.45, 2.75) is 31.7 Å². The molecule has 7 nitrogen and oxygen atoms in total. The Balaban J connectivity index is 2.23. The third-order valence-electron chi connectivity index (χ3n) is 2.83. The number of aliphatic carboxylic acids is 1. The fourth-order valence-electron chi connectivity index (χ4n) is 1.89. The van der Waals surface area contributed by atoms with Crippen LogP contribution in [0.25, 0.3) is 0 Å². The minimum absolute atomic E-state index is 0.0292. The van der Waals surface area contributed by atoms with Crippen molar-refractivity contribution in [2.75, 3.05) is 6.54 Å². The van der Waals surface area contributed by atoms with Crippen molar-refractivity contribution < 1.29 is 19.5 Å². The molecule has 0 unspecified atom stereocenters. The quantitative estimate of drug-likeness (QED) is 0.527. The molecule has 0 bridgehead atoms. The van der Waals surface area contributed by atoms with Crippen molar-refractivity contribution in [3.05, 3.63) is 0 Å². The molecule has 1 saturated carbocycles. The van der Waals surface area contributed by atoms with Gasteiger partial charge in [-0.3, -0.25) is 9.59 Å². The van der Waals surface area contributed by atoms with Gasteiger partial charge in [-0.1, -0.05) is 0 Å². The number of carbonyl (C=O) groups is 3. The predicted octanol–water partition coefficient (Wildman–Crippen LogP) is -0.586. The third kappa shape index (κ3) is 4.71. The molecule has 3 amide bonds. The summed E-state index contributed by atoms with van der Waals surface area (Å²) in [7, 11) is 0. The molecule has 1 aliphatic rings. The highest BCUT2D eigenvalue weighted by molar-refractivity contribution is 5.82. The van der Waals surface area contributed by atoms with Crippen LogP contribution in [-0.4, -0.2) is 35.6 Å². The standard InChI is InChI=1S/C10H17N3O4/c11-8(14)5-12-10(17)13-7-3-1-6(2-4-7)9(15)16/h6-7H,1-5H2,(H2,11,14)(H,15,16)(H2,12,13,17). The first-order valence-electron chi connectivity index (χ1n) is 5.54. The van der Waals surface area contributed by atoms with Crippen LogP contribution in [0.15, 0.2) is 0 Å². The van der Waals surface area contributed by atoms with E-state index in [0.29, 0.717) is 25.7 Å². The fourth-order valence-corrected chi connectivity index (χ4v) is 1.89. The SMILES string of the molecule is NC(=O)CNC(=O)NC1CCC(C(=O)O)CC1.